The largest absolute Gasteiger partial charge is 0.369 e. The fourth-order valence-electron chi connectivity index (χ4n) is 0.932. The van der Waals surface area contributed by atoms with Gasteiger partial charge in [-0.2, -0.15) is 0 Å². The van der Waals surface area contributed by atoms with Gasteiger partial charge in [0.15, 0.2) is 0 Å². The van der Waals surface area contributed by atoms with E-state index >= 15 is 0 Å². The van der Waals surface area contributed by atoms with Crippen molar-refractivity contribution in [3.05, 3.63) is 32.5 Å². The molecule has 0 saturated heterocycles. The van der Waals surface area contributed by atoms with Crippen molar-refractivity contribution in [3.63, 3.8) is 0 Å². The molecular formula is C7H4Cl2F2N2O2. The number of nitro groups is 1. The lowest BCUT2D eigenvalue weighted by Gasteiger charge is -2.02. The molecule has 8 heteroatoms. The Hall–Kier alpha value is -1.01. The number of alkyl halides is 3. The molecule has 0 aliphatic rings. The molecule has 1 aromatic heterocycles. The van der Waals surface area contributed by atoms with Crippen molar-refractivity contribution in [1.29, 1.82) is 0 Å². The van der Waals surface area contributed by atoms with E-state index in [4.69, 9.17) is 23.2 Å². The zero-order valence-electron chi connectivity index (χ0n) is 7.08. The molecular weight excluding hydrogens is 253 g/mol. The van der Waals surface area contributed by atoms with E-state index in [-0.39, 0.29) is 16.5 Å². The van der Waals surface area contributed by atoms with Crippen molar-refractivity contribution >= 4 is 29.0 Å². The molecule has 0 N–H and O–H groups in total. The van der Waals surface area contributed by atoms with E-state index in [1.165, 1.54) is 0 Å². The molecule has 82 valence electrons. The summed E-state index contributed by atoms with van der Waals surface area (Å²) in [6.07, 6.45) is -2.91. The summed E-state index contributed by atoms with van der Waals surface area (Å²) in [6.45, 7) is 0. The molecule has 0 aliphatic heterocycles. The first kappa shape index (κ1) is 12.1. The maximum atomic E-state index is 12.2. The van der Waals surface area contributed by atoms with Gasteiger partial charge in [0.05, 0.1) is 16.5 Å². The molecule has 1 aromatic rings. The number of aromatic nitrogens is 1. The molecule has 0 fully saturated rings. The van der Waals surface area contributed by atoms with Crippen LogP contribution in [0.1, 0.15) is 17.7 Å². The van der Waals surface area contributed by atoms with E-state index < -0.39 is 22.9 Å². The summed E-state index contributed by atoms with van der Waals surface area (Å²) in [7, 11) is 0. The van der Waals surface area contributed by atoms with E-state index in [0.717, 1.165) is 6.07 Å². The van der Waals surface area contributed by atoms with Gasteiger partial charge in [0.1, 0.15) is 0 Å². The topological polar surface area (TPSA) is 56.0 Å². The number of nitrogens with zero attached hydrogens (tertiary/aromatic N) is 2. The first-order chi connectivity index (χ1) is 6.97. The minimum absolute atomic E-state index is 0.0623. The molecule has 4 nitrogen and oxygen atoms in total. The summed E-state index contributed by atoms with van der Waals surface area (Å²) in [5.41, 5.74) is -0.798. The predicted octanol–water partition coefficient (Wildman–Crippen LogP) is 3.32. The van der Waals surface area contributed by atoms with Crippen molar-refractivity contribution < 1.29 is 13.7 Å². The molecule has 1 heterocycles. The van der Waals surface area contributed by atoms with Crippen LogP contribution in [0.3, 0.4) is 0 Å². The SMILES string of the molecule is O=[N+]([O-])c1nc(C(F)F)cc(Cl)c1CCl. The van der Waals surface area contributed by atoms with Gasteiger partial charge < -0.3 is 10.1 Å². The maximum absolute atomic E-state index is 12.2. The van der Waals surface area contributed by atoms with Crippen LogP contribution in [0.25, 0.3) is 0 Å². The van der Waals surface area contributed by atoms with Gasteiger partial charge in [-0.3, -0.25) is 0 Å². The van der Waals surface area contributed by atoms with Crippen molar-refractivity contribution in [2.75, 3.05) is 0 Å². The first-order valence-electron chi connectivity index (χ1n) is 3.65. The molecule has 0 saturated carbocycles. The third-order valence-corrected chi connectivity index (χ3v) is 2.20. The Balaban J connectivity index is 3.38. The molecule has 0 amide bonds. The number of pyridine rings is 1. The third-order valence-electron chi connectivity index (χ3n) is 1.60. The van der Waals surface area contributed by atoms with Gasteiger partial charge in [-0.05, 0) is 9.91 Å². The smallest absolute Gasteiger partial charge is 0.358 e. The summed E-state index contributed by atoms with van der Waals surface area (Å²) < 4.78 is 24.5. The van der Waals surface area contributed by atoms with Crippen LogP contribution in [0.15, 0.2) is 6.07 Å². The van der Waals surface area contributed by atoms with Crippen LogP contribution in [-0.4, -0.2) is 9.91 Å². The third kappa shape index (κ3) is 2.51. The Labute approximate surface area is 93.0 Å². The van der Waals surface area contributed by atoms with Crippen LogP contribution in [0.2, 0.25) is 5.02 Å². The van der Waals surface area contributed by atoms with Crippen LogP contribution in [0.4, 0.5) is 14.6 Å². The van der Waals surface area contributed by atoms with E-state index in [0.29, 0.717) is 0 Å². The summed E-state index contributed by atoms with van der Waals surface area (Å²) in [4.78, 5) is 12.8. The van der Waals surface area contributed by atoms with E-state index in [1.54, 1.807) is 0 Å². The Morgan fingerprint density at radius 2 is 2.20 bits per heavy atom. The van der Waals surface area contributed by atoms with Gasteiger partial charge >= 0.3 is 12.2 Å². The molecule has 0 bridgehead atoms. The second kappa shape index (κ2) is 4.67. The van der Waals surface area contributed by atoms with Gasteiger partial charge in [-0.25, -0.2) is 8.78 Å². The summed E-state index contributed by atoms with van der Waals surface area (Å²) >= 11 is 11.0. The molecule has 0 radical (unpaired) electrons. The highest BCUT2D eigenvalue weighted by atomic mass is 35.5. The summed E-state index contributed by atoms with van der Waals surface area (Å²) in [6, 6.07) is 0.872. The molecule has 0 spiro atoms. The fraction of sp³-hybridized carbons (Fsp3) is 0.286. The lowest BCUT2D eigenvalue weighted by atomic mass is 10.2. The molecule has 0 atom stereocenters. The number of halogens is 4. The maximum Gasteiger partial charge on any atom is 0.369 e. The standard InChI is InChI=1S/C7H4Cl2F2N2O2/c8-2-3-4(9)1-5(6(10)11)12-7(3)13(14)15/h1,6H,2H2. The monoisotopic (exact) mass is 256 g/mol. The Kier molecular flexibility index (Phi) is 3.76. The Morgan fingerprint density at radius 1 is 1.60 bits per heavy atom. The average Bonchev–Trinajstić information content (AvgIpc) is 2.16. The Morgan fingerprint density at radius 3 is 2.60 bits per heavy atom. The first-order valence-corrected chi connectivity index (χ1v) is 4.56. The van der Waals surface area contributed by atoms with Gasteiger partial charge in [0.25, 0.3) is 0 Å². The highest BCUT2D eigenvalue weighted by molar-refractivity contribution is 6.32. The van der Waals surface area contributed by atoms with Crippen LogP contribution in [0, 0.1) is 10.1 Å². The lowest BCUT2D eigenvalue weighted by molar-refractivity contribution is -0.390. The number of hydrogen-bond donors (Lipinski definition) is 0. The predicted molar refractivity (Wildman–Crippen MR) is 50.4 cm³/mol. The zero-order valence-corrected chi connectivity index (χ0v) is 8.60. The molecule has 0 aliphatic carbocycles. The molecule has 1 rings (SSSR count). The second-order valence-corrected chi connectivity index (χ2v) is 3.20. The van der Waals surface area contributed by atoms with Crippen molar-refractivity contribution in [2.24, 2.45) is 0 Å². The summed E-state index contributed by atoms with van der Waals surface area (Å²) in [5, 5.41) is 10.3. The average molecular weight is 257 g/mol. The van der Waals surface area contributed by atoms with E-state index in [1.807, 2.05) is 0 Å². The number of rotatable bonds is 3. The van der Waals surface area contributed by atoms with Gasteiger partial charge in [-0.15, -0.1) is 11.6 Å². The van der Waals surface area contributed by atoms with Crippen molar-refractivity contribution in [2.45, 2.75) is 12.3 Å². The van der Waals surface area contributed by atoms with Gasteiger partial charge in [0.2, 0.25) is 5.69 Å². The normalized spacial score (nSPS) is 10.7. The molecule has 0 aromatic carbocycles. The van der Waals surface area contributed by atoms with Crippen LogP contribution >= 0.6 is 23.2 Å². The van der Waals surface area contributed by atoms with Crippen LogP contribution in [0.5, 0.6) is 0 Å². The number of hydrogen-bond acceptors (Lipinski definition) is 3. The Bertz CT molecular complexity index is 401. The highest BCUT2D eigenvalue weighted by Gasteiger charge is 2.25. The summed E-state index contributed by atoms with van der Waals surface area (Å²) in [5.74, 6) is -0.987. The van der Waals surface area contributed by atoms with Crippen molar-refractivity contribution in [1.82, 2.24) is 4.98 Å². The van der Waals surface area contributed by atoms with E-state index in [2.05, 4.69) is 4.98 Å². The van der Waals surface area contributed by atoms with Crippen molar-refractivity contribution in [3.8, 4) is 0 Å². The quantitative estimate of drug-likeness (QED) is 0.474. The zero-order chi connectivity index (χ0) is 11.6. The fourth-order valence-corrected chi connectivity index (χ4v) is 1.53. The highest BCUT2D eigenvalue weighted by Crippen LogP contribution is 2.30. The van der Waals surface area contributed by atoms with Gasteiger partial charge in [-0.1, -0.05) is 11.6 Å². The minimum Gasteiger partial charge on any atom is -0.358 e. The second-order valence-electron chi connectivity index (χ2n) is 2.52. The van der Waals surface area contributed by atoms with Crippen LogP contribution < -0.4 is 0 Å². The molecule has 0 unspecified atom stereocenters. The minimum atomic E-state index is -2.91. The lowest BCUT2D eigenvalue weighted by Crippen LogP contribution is -2.02. The molecule has 15 heavy (non-hydrogen) atoms. The van der Waals surface area contributed by atoms with Crippen LogP contribution in [-0.2, 0) is 5.88 Å². The van der Waals surface area contributed by atoms with Gasteiger partial charge in [0, 0.05) is 6.07 Å². The van der Waals surface area contributed by atoms with E-state index in [9.17, 15) is 18.9 Å².